The third kappa shape index (κ3) is 4.41. The maximum absolute atomic E-state index is 11.9. The molecule has 0 unspecified atom stereocenters. The number of aromatic amines is 1. The normalized spacial score (nSPS) is 11.0. The Hall–Kier alpha value is -2.17. The van der Waals surface area contributed by atoms with Gasteiger partial charge >= 0.3 is 0 Å². The summed E-state index contributed by atoms with van der Waals surface area (Å²) in [7, 11) is 0. The summed E-state index contributed by atoms with van der Waals surface area (Å²) in [5, 5.41) is 3.45. The Morgan fingerprint density at radius 3 is 2.86 bits per heavy atom. The van der Waals surface area contributed by atoms with Crippen LogP contribution in [0.4, 0.5) is 0 Å². The number of rotatable bonds is 6. The zero-order valence-corrected chi connectivity index (χ0v) is 12.5. The molecular weight excluding hydrogens is 266 g/mol. The van der Waals surface area contributed by atoms with Gasteiger partial charge < -0.3 is 10.3 Å². The molecule has 0 aliphatic heterocycles. The molecule has 0 spiro atoms. The van der Waals surface area contributed by atoms with E-state index in [1.807, 2.05) is 6.07 Å². The quantitative estimate of drug-likeness (QED) is 0.853. The molecule has 1 aromatic carbocycles. The van der Waals surface area contributed by atoms with Crippen LogP contribution in [0.2, 0.25) is 0 Å². The van der Waals surface area contributed by atoms with Crippen molar-refractivity contribution in [1.29, 1.82) is 0 Å². The lowest BCUT2D eigenvalue weighted by Crippen LogP contribution is -2.26. The molecule has 0 saturated carbocycles. The number of amides is 1. The lowest BCUT2D eigenvalue weighted by atomic mass is 10.1. The number of carbonyl (C=O) groups excluding carboxylic acids is 1. The molecule has 5 heteroatoms. The Kier molecular flexibility index (Phi) is 5.09. The third-order valence-corrected chi connectivity index (χ3v) is 3.29. The first kappa shape index (κ1) is 15.2. The zero-order chi connectivity index (χ0) is 15.2. The van der Waals surface area contributed by atoms with Crippen LogP contribution in [0.15, 0.2) is 29.1 Å². The smallest absolute Gasteiger partial charge is 0.258 e. The lowest BCUT2D eigenvalue weighted by molar-refractivity contribution is -0.121. The molecule has 1 amide bonds. The number of fused-ring (bicyclic) bond motifs is 1. The van der Waals surface area contributed by atoms with Gasteiger partial charge in [-0.15, -0.1) is 0 Å². The molecule has 112 valence electrons. The van der Waals surface area contributed by atoms with E-state index < -0.39 is 0 Å². The number of aryl methyl sites for hydroxylation is 1. The second-order valence-corrected chi connectivity index (χ2v) is 5.56. The summed E-state index contributed by atoms with van der Waals surface area (Å²) in [6.45, 7) is 4.93. The highest BCUT2D eigenvalue weighted by Gasteiger charge is 2.06. The summed E-state index contributed by atoms with van der Waals surface area (Å²) < 4.78 is 0. The number of carbonyl (C=O) groups is 1. The predicted octanol–water partition coefficient (Wildman–Crippen LogP) is 2.02. The lowest BCUT2D eigenvalue weighted by Gasteiger charge is -2.07. The van der Waals surface area contributed by atoms with Crippen LogP contribution >= 0.6 is 0 Å². The van der Waals surface area contributed by atoms with E-state index in [0.717, 1.165) is 6.42 Å². The Balaban J connectivity index is 1.94. The topological polar surface area (TPSA) is 74.8 Å². The summed E-state index contributed by atoms with van der Waals surface area (Å²) >= 11 is 0. The van der Waals surface area contributed by atoms with Crippen molar-refractivity contribution in [2.45, 2.75) is 33.1 Å². The summed E-state index contributed by atoms with van der Waals surface area (Å²) in [4.78, 5) is 30.7. The maximum atomic E-state index is 11.9. The number of nitrogens with one attached hydrogen (secondary N) is 2. The Morgan fingerprint density at radius 2 is 2.10 bits per heavy atom. The van der Waals surface area contributed by atoms with Crippen LogP contribution in [-0.4, -0.2) is 22.4 Å². The Morgan fingerprint density at radius 1 is 1.33 bits per heavy atom. The van der Waals surface area contributed by atoms with Crippen LogP contribution in [0, 0.1) is 5.92 Å². The minimum absolute atomic E-state index is 0.00791. The van der Waals surface area contributed by atoms with E-state index in [1.54, 1.807) is 18.2 Å². The van der Waals surface area contributed by atoms with Crippen molar-refractivity contribution in [2.75, 3.05) is 6.54 Å². The Labute approximate surface area is 123 Å². The summed E-state index contributed by atoms with van der Waals surface area (Å²) in [5.41, 5.74) is 0.507. The molecule has 0 atom stereocenters. The number of para-hydroxylation sites is 1. The fraction of sp³-hybridized carbons (Fsp3) is 0.438. The van der Waals surface area contributed by atoms with E-state index in [2.05, 4.69) is 29.1 Å². The zero-order valence-electron chi connectivity index (χ0n) is 12.5. The first-order chi connectivity index (χ1) is 10.1. The molecule has 0 fully saturated rings. The van der Waals surface area contributed by atoms with Crippen molar-refractivity contribution < 1.29 is 4.79 Å². The van der Waals surface area contributed by atoms with Gasteiger partial charge in [-0.3, -0.25) is 9.59 Å². The van der Waals surface area contributed by atoms with E-state index >= 15 is 0 Å². The van der Waals surface area contributed by atoms with Crippen LogP contribution < -0.4 is 10.9 Å². The summed E-state index contributed by atoms with van der Waals surface area (Å²) in [5.74, 6) is 1.12. The molecule has 2 N–H and O–H groups in total. The van der Waals surface area contributed by atoms with Crippen molar-refractivity contribution in [2.24, 2.45) is 5.92 Å². The van der Waals surface area contributed by atoms with Gasteiger partial charge in [0.15, 0.2) is 0 Å². The summed E-state index contributed by atoms with van der Waals surface area (Å²) in [6, 6.07) is 7.19. The highest BCUT2D eigenvalue weighted by molar-refractivity contribution is 5.77. The first-order valence-electron chi connectivity index (χ1n) is 7.31. The van der Waals surface area contributed by atoms with E-state index in [0.29, 0.717) is 42.0 Å². The van der Waals surface area contributed by atoms with Gasteiger partial charge in [-0.2, -0.15) is 0 Å². The highest BCUT2D eigenvalue weighted by Crippen LogP contribution is 2.06. The first-order valence-corrected chi connectivity index (χ1v) is 7.31. The second-order valence-electron chi connectivity index (χ2n) is 5.56. The number of benzene rings is 1. The van der Waals surface area contributed by atoms with E-state index in [-0.39, 0.29) is 11.5 Å². The Bertz CT molecular complexity index is 677. The molecule has 0 aliphatic rings. The van der Waals surface area contributed by atoms with E-state index in [4.69, 9.17) is 0 Å². The number of aromatic nitrogens is 2. The van der Waals surface area contributed by atoms with Crippen LogP contribution in [0.5, 0.6) is 0 Å². The molecule has 0 saturated heterocycles. The number of nitrogens with zero attached hydrogens (tertiary/aromatic N) is 1. The minimum atomic E-state index is -0.157. The average molecular weight is 287 g/mol. The molecule has 2 rings (SSSR count). The fourth-order valence-electron chi connectivity index (χ4n) is 2.07. The van der Waals surface area contributed by atoms with Crippen LogP contribution in [-0.2, 0) is 11.2 Å². The minimum Gasteiger partial charge on any atom is -0.356 e. The number of hydrogen-bond acceptors (Lipinski definition) is 3. The third-order valence-electron chi connectivity index (χ3n) is 3.29. The molecular formula is C16H21N3O2. The molecule has 1 aromatic heterocycles. The van der Waals surface area contributed by atoms with Crippen LogP contribution in [0.1, 0.15) is 32.5 Å². The van der Waals surface area contributed by atoms with Gasteiger partial charge in [0.2, 0.25) is 5.91 Å². The van der Waals surface area contributed by atoms with E-state index in [1.165, 1.54) is 0 Å². The van der Waals surface area contributed by atoms with Crippen LogP contribution in [0.3, 0.4) is 0 Å². The van der Waals surface area contributed by atoms with Gasteiger partial charge in [0.05, 0.1) is 10.9 Å². The second kappa shape index (κ2) is 7.02. The SMILES string of the molecule is CC(C)CCNC(=O)CCc1nc2ccccc2c(=O)[nH]1. The largest absolute Gasteiger partial charge is 0.356 e. The molecule has 0 bridgehead atoms. The molecule has 1 heterocycles. The number of H-pyrrole nitrogens is 1. The highest BCUT2D eigenvalue weighted by atomic mass is 16.1. The van der Waals surface area contributed by atoms with Gasteiger partial charge in [0.25, 0.3) is 5.56 Å². The van der Waals surface area contributed by atoms with Crippen molar-refractivity contribution in [1.82, 2.24) is 15.3 Å². The molecule has 21 heavy (non-hydrogen) atoms. The maximum Gasteiger partial charge on any atom is 0.258 e. The van der Waals surface area contributed by atoms with Gasteiger partial charge in [-0.25, -0.2) is 4.98 Å². The van der Waals surface area contributed by atoms with Crippen molar-refractivity contribution in [3.63, 3.8) is 0 Å². The number of hydrogen-bond donors (Lipinski definition) is 2. The molecule has 2 aromatic rings. The van der Waals surface area contributed by atoms with Crippen molar-refractivity contribution >= 4 is 16.8 Å². The van der Waals surface area contributed by atoms with Crippen molar-refractivity contribution in [3.05, 3.63) is 40.4 Å². The molecule has 0 radical (unpaired) electrons. The van der Waals surface area contributed by atoms with Gasteiger partial charge in [-0.05, 0) is 24.5 Å². The van der Waals surface area contributed by atoms with Crippen LogP contribution in [0.25, 0.3) is 10.9 Å². The standard InChI is InChI=1S/C16H21N3O2/c1-11(2)9-10-17-15(20)8-7-14-18-13-6-4-3-5-12(13)16(21)19-14/h3-6,11H,7-10H2,1-2H3,(H,17,20)(H,18,19,21). The summed E-state index contributed by atoms with van der Waals surface area (Å²) in [6.07, 6.45) is 1.74. The van der Waals surface area contributed by atoms with Gasteiger partial charge in [0, 0.05) is 19.4 Å². The van der Waals surface area contributed by atoms with Crippen molar-refractivity contribution in [3.8, 4) is 0 Å². The van der Waals surface area contributed by atoms with Gasteiger partial charge in [0.1, 0.15) is 5.82 Å². The van der Waals surface area contributed by atoms with Gasteiger partial charge in [-0.1, -0.05) is 26.0 Å². The monoisotopic (exact) mass is 287 g/mol. The molecule has 5 nitrogen and oxygen atoms in total. The van der Waals surface area contributed by atoms with E-state index in [9.17, 15) is 9.59 Å². The fourth-order valence-corrected chi connectivity index (χ4v) is 2.07. The molecule has 0 aliphatic carbocycles. The average Bonchev–Trinajstić information content (AvgIpc) is 2.45. The predicted molar refractivity (Wildman–Crippen MR) is 83.1 cm³/mol.